The molecule has 0 bridgehead atoms. The van der Waals surface area contributed by atoms with Gasteiger partial charge in [0.25, 0.3) is 5.91 Å². The zero-order valence-corrected chi connectivity index (χ0v) is 16.1. The van der Waals surface area contributed by atoms with Crippen LogP contribution >= 0.6 is 0 Å². The monoisotopic (exact) mass is 353 g/mol. The van der Waals surface area contributed by atoms with Gasteiger partial charge in [0.2, 0.25) is 0 Å². The number of carbonyl (C=O) groups excluding carboxylic acids is 1. The summed E-state index contributed by atoms with van der Waals surface area (Å²) in [6.45, 7) is 6.73. The van der Waals surface area contributed by atoms with Crippen molar-refractivity contribution in [2.45, 2.75) is 33.3 Å². The molecule has 2 aromatic carbocycles. The van der Waals surface area contributed by atoms with E-state index in [2.05, 4.69) is 37.4 Å². The molecule has 0 aliphatic carbocycles. The van der Waals surface area contributed by atoms with E-state index in [9.17, 15) is 4.79 Å². The van der Waals surface area contributed by atoms with Gasteiger partial charge in [-0.05, 0) is 41.2 Å². The normalized spacial score (nSPS) is 11.4. The van der Waals surface area contributed by atoms with Gasteiger partial charge in [-0.3, -0.25) is 4.79 Å². The Bertz CT molecular complexity index is 794. The second kappa shape index (κ2) is 9.09. The Kier molecular flexibility index (Phi) is 6.84. The van der Waals surface area contributed by atoms with Crippen LogP contribution in [0.1, 0.15) is 42.0 Å². The largest absolute Gasteiger partial charge is 0.504 e. The van der Waals surface area contributed by atoms with E-state index in [0.717, 1.165) is 22.4 Å². The number of rotatable bonds is 7. The molecule has 0 atom stereocenters. The lowest BCUT2D eigenvalue weighted by Crippen LogP contribution is -2.20. The van der Waals surface area contributed by atoms with Crippen LogP contribution in [0.3, 0.4) is 0 Å². The van der Waals surface area contributed by atoms with Gasteiger partial charge in [0.15, 0.2) is 0 Å². The Labute approximate surface area is 155 Å². The van der Waals surface area contributed by atoms with E-state index in [1.54, 1.807) is 7.05 Å². The van der Waals surface area contributed by atoms with Gasteiger partial charge < -0.3 is 14.8 Å². The zero-order valence-electron chi connectivity index (χ0n) is 16.1. The van der Waals surface area contributed by atoms with E-state index in [0.29, 0.717) is 18.1 Å². The van der Waals surface area contributed by atoms with E-state index >= 15 is 0 Å². The fraction of sp³-hybridized carbons (Fsp3) is 0.318. The number of nitrogens with one attached hydrogen (secondary N) is 1. The van der Waals surface area contributed by atoms with E-state index in [1.807, 2.05) is 31.2 Å². The topological polar surface area (TPSA) is 47.6 Å². The smallest absolute Gasteiger partial charge is 0.254 e. The molecule has 4 heteroatoms. The summed E-state index contributed by atoms with van der Waals surface area (Å²) >= 11 is 0. The first-order valence-corrected chi connectivity index (χ1v) is 8.74. The average molecular weight is 353 g/mol. The van der Waals surface area contributed by atoms with Crippen LogP contribution in [0.4, 0.5) is 0 Å². The minimum atomic E-state index is -0.197. The molecule has 1 N–H and O–H groups in total. The summed E-state index contributed by atoms with van der Waals surface area (Å²) in [6.07, 6.45) is 1.46. The maximum atomic E-state index is 12.2. The standard InChI is InChI=1S/C22H27NO3/c1-15(2)17-11-10-16(3)21(12-17)26-13-18-8-6-7-9-19(18)20(14-25-5)22(24)23-4/h6-12,14-15H,13H2,1-5H3,(H,23,24)/b20-14+. The van der Waals surface area contributed by atoms with E-state index in [1.165, 1.54) is 18.9 Å². The second-order valence-electron chi connectivity index (χ2n) is 6.47. The summed E-state index contributed by atoms with van der Waals surface area (Å²) in [4.78, 5) is 12.2. The van der Waals surface area contributed by atoms with Crippen molar-refractivity contribution >= 4 is 11.5 Å². The fourth-order valence-electron chi connectivity index (χ4n) is 2.69. The lowest BCUT2D eigenvalue weighted by Gasteiger charge is -2.15. The number of amides is 1. The minimum Gasteiger partial charge on any atom is -0.504 e. The third-order valence-electron chi connectivity index (χ3n) is 4.28. The lowest BCUT2D eigenvalue weighted by atomic mass is 10.00. The first kappa shape index (κ1) is 19.6. The summed E-state index contributed by atoms with van der Waals surface area (Å²) in [7, 11) is 3.13. The van der Waals surface area contributed by atoms with Crippen LogP contribution < -0.4 is 10.1 Å². The second-order valence-corrected chi connectivity index (χ2v) is 6.47. The molecule has 0 fully saturated rings. The molecule has 0 heterocycles. The van der Waals surface area contributed by atoms with Crippen molar-refractivity contribution in [2.24, 2.45) is 0 Å². The highest BCUT2D eigenvalue weighted by Gasteiger charge is 2.15. The molecule has 26 heavy (non-hydrogen) atoms. The van der Waals surface area contributed by atoms with Crippen molar-refractivity contribution in [3.8, 4) is 5.75 Å². The summed E-state index contributed by atoms with van der Waals surface area (Å²) in [5.74, 6) is 1.11. The van der Waals surface area contributed by atoms with Crippen LogP contribution in [0.25, 0.3) is 5.57 Å². The van der Waals surface area contributed by atoms with Gasteiger partial charge in [-0.25, -0.2) is 0 Å². The molecule has 138 valence electrons. The van der Waals surface area contributed by atoms with Crippen molar-refractivity contribution in [3.63, 3.8) is 0 Å². The Morgan fingerprint density at radius 1 is 1.19 bits per heavy atom. The lowest BCUT2D eigenvalue weighted by molar-refractivity contribution is -0.115. The molecule has 2 aromatic rings. The van der Waals surface area contributed by atoms with Crippen molar-refractivity contribution in [2.75, 3.05) is 14.2 Å². The molecule has 0 radical (unpaired) electrons. The molecule has 0 unspecified atom stereocenters. The number of carbonyl (C=O) groups is 1. The molecule has 1 amide bonds. The molecule has 0 aliphatic heterocycles. The van der Waals surface area contributed by atoms with Gasteiger partial charge in [-0.15, -0.1) is 0 Å². The third-order valence-corrected chi connectivity index (χ3v) is 4.28. The highest BCUT2D eigenvalue weighted by molar-refractivity contribution is 6.19. The van der Waals surface area contributed by atoms with Crippen LogP contribution in [-0.4, -0.2) is 20.1 Å². The number of hydrogen-bond acceptors (Lipinski definition) is 3. The maximum absolute atomic E-state index is 12.2. The molecule has 2 rings (SSSR count). The summed E-state index contributed by atoms with van der Waals surface area (Å²) in [6, 6.07) is 14.0. The molecule has 0 saturated carbocycles. The molecular weight excluding hydrogens is 326 g/mol. The first-order valence-electron chi connectivity index (χ1n) is 8.74. The number of benzene rings is 2. The van der Waals surface area contributed by atoms with E-state index < -0.39 is 0 Å². The van der Waals surface area contributed by atoms with Crippen molar-refractivity contribution in [1.29, 1.82) is 0 Å². The first-order chi connectivity index (χ1) is 12.5. The summed E-state index contributed by atoms with van der Waals surface area (Å²) in [5.41, 5.74) is 4.53. The predicted octanol–water partition coefficient (Wildman–Crippen LogP) is 4.43. The SMILES string of the molecule is CNC(=O)/C(=C/OC)c1ccccc1COc1cc(C(C)C)ccc1C. The summed E-state index contributed by atoms with van der Waals surface area (Å²) in [5, 5.41) is 2.65. The molecule has 0 saturated heterocycles. The highest BCUT2D eigenvalue weighted by Crippen LogP contribution is 2.26. The van der Waals surface area contributed by atoms with Crippen LogP contribution in [0.2, 0.25) is 0 Å². The van der Waals surface area contributed by atoms with Gasteiger partial charge in [0.05, 0.1) is 18.9 Å². The zero-order chi connectivity index (χ0) is 19.1. The number of methoxy groups -OCH3 is 1. The van der Waals surface area contributed by atoms with Crippen LogP contribution in [0.15, 0.2) is 48.7 Å². The van der Waals surface area contributed by atoms with Gasteiger partial charge >= 0.3 is 0 Å². The molecule has 0 spiro atoms. The highest BCUT2D eigenvalue weighted by atomic mass is 16.5. The number of hydrogen-bond donors (Lipinski definition) is 1. The molecule has 0 aliphatic rings. The minimum absolute atomic E-state index is 0.197. The van der Waals surface area contributed by atoms with Crippen molar-refractivity contribution < 1.29 is 14.3 Å². The number of aryl methyl sites for hydroxylation is 1. The van der Waals surface area contributed by atoms with Gasteiger partial charge in [-0.1, -0.05) is 50.2 Å². The number of likely N-dealkylation sites (N-methyl/N-ethyl adjacent to an activating group) is 1. The third kappa shape index (κ3) is 4.66. The van der Waals surface area contributed by atoms with Gasteiger partial charge in [0, 0.05) is 7.05 Å². The van der Waals surface area contributed by atoms with Crippen LogP contribution in [0.5, 0.6) is 5.75 Å². The Morgan fingerprint density at radius 2 is 1.92 bits per heavy atom. The van der Waals surface area contributed by atoms with Crippen LogP contribution in [-0.2, 0) is 16.1 Å². The fourth-order valence-corrected chi connectivity index (χ4v) is 2.69. The quantitative estimate of drug-likeness (QED) is 0.592. The molecular formula is C22H27NO3. The predicted molar refractivity (Wildman–Crippen MR) is 105 cm³/mol. The van der Waals surface area contributed by atoms with Crippen LogP contribution in [0, 0.1) is 6.92 Å². The Hall–Kier alpha value is -2.75. The summed E-state index contributed by atoms with van der Waals surface area (Å²) < 4.78 is 11.2. The van der Waals surface area contributed by atoms with E-state index in [-0.39, 0.29) is 5.91 Å². The average Bonchev–Trinajstić information content (AvgIpc) is 2.65. The van der Waals surface area contributed by atoms with E-state index in [4.69, 9.17) is 9.47 Å². The molecule has 0 aromatic heterocycles. The molecule has 4 nitrogen and oxygen atoms in total. The number of ether oxygens (including phenoxy) is 2. The van der Waals surface area contributed by atoms with Gasteiger partial charge in [-0.2, -0.15) is 0 Å². The van der Waals surface area contributed by atoms with Crippen molar-refractivity contribution in [3.05, 3.63) is 71.0 Å². The Balaban J connectivity index is 2.30. The van der Waals surface area contributed by atoms with Crippen molar-refractivity contribution in [1.82, 2.24) is 5.32 Å². The maximum Gasteiger partial charge on any atom is 0.254 e. The Morgan fingerprint density at radius 3 is 2.58 bits per heavy atom. The van der Waals surface area contributed by atoms with Gasteiger partial charge in [0.1, 0.15) is 12.4 Å².